The van der Waals surface area contributed by atoms with E-state index in [0.717, 1.165) is 0 Å². The van der Waals surface area contributed by atoms with Crippen LogP contribution < -0.4 is 0 Å². The first-order valence-electron chi connectivity index (χ1n) is 5.79. The summed E-state index contributed by atoms with van der Waals surface area (Å²) in [5.41, 5.74) is 0.103. The van der Waals surface area contributed by atoms with Crippen molar-refractivity contribution in [3.8, 4) is 0 Å². The number of aromatic nitrogens is 1. The van der Waals surface area contributed by atoms with E-state index in [1.54, 1.807) is 6.07 Å². The maximum absolute atomic E-state index is 13.6. The molecule has 0 radical (unpaired) electrons. The Morgan fingerprint density at radius 1 is 1.19 bits per heavy atom. The predicted molar refractivity (Wildman–Crippen MR) is 79.9 cm³/mol. The molecule has 0 bridgehead atoms. The highest BCUT2D eigenvalue weighted by molar-refractivity contribution is 6.77. The van der Waals surface area contributed by atoms with Gasteiger partial charge in [0.05, 0.1) is 11.3 Å². The van der Waals surface area contributed by atoms with Gasteiger partial charge in [-0.2, -0.15) is 0 Å². The molecule has 0 spiro atoms. The van der Waals surface area contributed by atoms with E-state index in [-0.39, 0.29) is 16.8 Å². The van der Waals surface area contributed by atoms with Crippen molar-refractivity contribution in [3.05, 3.63) is 59.2 Å². The molecule has 0 aliphatic heterocycles. The van der Waals surface area contributed by atoms with Gasteiger partial charge in [0, 0.05) is 18.8 Å². The summed E-state index contributed by atoms with van der Waals surface area (Å²) in [5, 5.41) is 0. The van der Waals surface area contributed by atoms with Gasteiger partial charge in [-0.05, 0) is 18.2 Å². The molecular weight excluding hydrogens is 340 g/mol. The molecule has 0 fully saturated rings. The van der Waals surface area contributed by atoms with Crippen LogP contribution in [0, 0.1) is 5.82 Å². The highest BCUT2D eigenvalue weighted by Gasteiger charge is 2.34. The number of halogens is 4. The Labute approximate surface area is 135 Å². The van der Waals surface area contributed by atoms with E-state index in [0.29, 0.717) is 0 Å². The van der Waals surface area contributed by atoms with E-state index in [4.69, 9.17) is 34.8 Å². The number of hydrogen-bond acceptors (Lipinski definition) is 2. The Morgan fingerprint density at radius 3 is 2.38 bits per heavy atom. The number of ketones is 2. The topological polar surface area (TPSA) is 39.1 Å². The van der Waals surface area contributed by atoms with Crippen LogP contribution in [0.15, 0.2) is 36.5 Å². The summed E-state index contributed by atoms with van der Waals surface area (Å²) in [5.74, 6) is -1.95. The molecule has 0 atom stereocenters. The number of carbonyl (C=O) groups is 2. The Bertz CT molecular complexity index is 719. The summed E-state index contributed by atoms with van der Waals surface area (Å²) >= 11 is 16.6. The Kier molecular flexibility index (Phi) is 4.42. The monoisotopic (exact) mass is 347 g/mol. The number of nitrogens with zero attached hydrogens (tertiary/aromatic N) is 1. The molecule has 21 heavy (non-hydrogen) atoms. The van der Waals surface area contributed by atoms with Crippen molar-refractivity contribution in [2.45, 2.75) is 3.79 Å². The molecule has 0 unspecified atom stereocenters. The molecule has 1 heterocycles. The molecule has 0 N–H and O–H groups in total. The van der Waals surface area contributed by atoms with E-state index in [1.807, 2.05) is 0 Å². The zero-order chi connectivity index (χ0) is 15.8. The lowest BCUT2D eigenvalue weighted by Gasteiger charge is -2.09. The molecule has 2 rings (SSSR count). The molecule has 1 aromatic heterocycles. The fourth-order valence-corrected chi connectivity index (χ4v) is 2.15. The van der Waals surface area contributed by atoms with E-state index in [9.17, 15) is 14.0 Å². The fraction of sp³-hybridized carbons (Fsp3) is 0.143. The number of rotatable bonds is 3. The first-order valence-corrected chi connectivity index (χ1v) is 6.92. The van der Waals surface area contributed by atoms with Crippen LogP contribution >= 0.6 is 34.8 Å². The van der Waals surface area contributed by atoms with Crippen molar-refractivity contribution in [3.63, 3.8) is 0 Å². The van der Waals surface area contributed by atoms with Crippen molar-refractivity contribution in [2.75, 3.05) is 0 Å². The van der Waals surface area contributed by atoms with Crippen LogP contribution in [0.25, 0.3) is 0 Å². The minimum Gasteiger partial charge on any atom is -0.347 e. The van der Waals surface area contributed by atoms with Crippen LogP contribution in [0.5, 0.6) is 0 Å². The highest BCUT2D eigenvalue weighted by atomic mass is 35.6. The summed E-state index contributed by atoms with van der Waals surface area (Å²) < 4.78 is 12.9. The number of benzene rings is 1. The van der Waals surface area contributed by atoms with Crippen molar-refractivity contribution < 1.29 is 14.0 Å². The van der Waals surface area contributed by atoms with Crippen LogP contribution in [0.1, 0.15) is 26.4 Å². The second-order valence-electron chi connectivity index (χ2n) is 4.36. The molecule has 0 aliphatic carbocycles. The van der Waals surface area contributed by atoms with Gasteiger partial charge in [0.15, 0.2) is 5.78 Å². The number of Topliss-reactive ketones (excluding diaryl/α,β-unsaturated/α-hetero) is 1. The predicted octanol–water partition coefficient (Wildman–Crippen LogP) is 3.95. The third-order valence-electron chi connectivity index (χ3n) is 2.88. The average Bonchev–Trinajstić information content (AvgIpc) is 2.78. The molecule has 0 aliphatic rings. The number of aryl methyl sites for hydroxylation is 1. The first-order chi connectivity index (χ1) is 9.71. The van der Waals surface area contributed by atoms with E-state index in [2.05, 4.69) is 0 Å². The Balaban J connectivity index is 2.42. The second-order valence-corrected chi connectivity index (χ2v) is 6.64. The van der Waals surface area contributed by atoms with Crippen LogP contribution in [0.2, 0.25) is 0 Å². The lowest BCUT2D eigenvalue weighted by molar-refractivity contribution is 0.0988. The fourth-order valence-electron chi connectivity index (χ4n) is 1.86. The third kappa shape index (κ3) is 3.28. The lowest BCUT2D eigenvalue weighted by Crippen LogP contribution is -2.21. The van der Waals surface area contributed by atoms with Gasteiger partial charge in [-0.25, -0.2) is 4.39 Å². The highest BCUT2D eigenvalue weighted by Crippen LogP contribution is 2.31. The van der Waals surface area contributed by atoms with E-state index in [1.165, 1.54) is 42.1 Å². The molecule has 7 heteroatoms. The number of hydrogen-bond donors (Lipinski definition) is 0. The quantitative estimate of drug-likeness (QED) is 0.622. The SMILES string of the molecule is Cn1cc(C(=O)c2ccccc2F)cc1C(=O)C(Cl)(Cl)Cl. The van der Waals surface area contributed by atoms with Gasteiger partial charge in [-0.15, -0.1) is 0 Å². The summed E-state index contributed by atoms with van der Waals surface area (Å²) in [7, 11) is 1.53. The maximum atomic E-state index is 13.6. The molecule has 0 amide bonds. The van der Waals surface area contributed by atoms with Gasteiger partial charge in [0.1, 0.15) is 5.82 Å². The van der Waals surface area contributed by atoms with Crippen molar-refractivity contribution >= 4 is 46.4 Å². The Morgan fingerprint density at radius 2 is 1.81 bits per heavy atom. The van der Waals surface area contributed by atoms with Crippen LogP contribution in [0.3, 0.4) is 0 Å². The number of alkyl halides is 3. The minimum atomic E-state index is -2.12. The molecule has 3 nitrogen and oxygen atoms in total. The van der Waals surface area contributed by atoms with E-state index >= 15 is 0 Å². The second kappa shape index (κ2) is 5.79. The van der Waals surface area contributed by atoms with Gasteiger partial charge in [0.2, 0.25) is 5.78 Å². The smallest absolute Gasteiger partial charge is 0.255 e. The zero-order valence-electron chi connectivity index (χ0n) is 10.7. The zero-order valence-corrected chi connectivity index (χ0v) is 13.0. The first kappa shape index (κ1) is 16.0. The third-order valence-corrected chi connectivity index (χ3v) is 3.39. The number of carbonyl (C=O) groups excluding carboxylic acids is 2. The summed E-state index contributed by atoms with van der Waals surface area (Å²) in [6.45, 7) is 0. The largest absolute Gasteiger partial charge is 0.347 e. The maximum Gasteiger partial charge on any atom is 0.255 e. The van der Waals surface area contributed by atoms with Gasteiger partial charge < -0.3 is 4.57 Å². The van der Waals surface area contributed by atoms with Gasteiger partial charge in [-0.3, -0.25) is 9.59 Å². The molecule has 2 aromatic rings. The van der Waals surface area contributed by atoms with Crippen LogP contribution in [0.4, 0.5) is 4.39 Å². The average molecular weight is 349 g/mol. The normalized spacial score (nSPS) is 11.5. The van der Waals surface area contributed by atoms with Crippen molar-refractivity contribution in [1.82, 2.24) is 4.57 Å². The summed E-state index contributed by atoms with van der Waals surface area (Å²) in [6.07, 6.45) is 1.39. The van der Waals surface area contributed by atoms with Gasteiger partial charge in [0.25, 0.3) is 3.79 Å². The van der Waals surface area contributed by atoms with Crippen molar-refractivity contribution in [2.24, 2.45) is 7.05 Å². The molecule has 1 aromatic carbocycles. The van der Waals surface area contributed by atoms with Gasteiger partial charge >= 0.3 is 0 Å². The summed E-state index contributed by atoms with van der Waals surface area (Å²) in [6, 6.07) is 6.85. The van der Waals surface area contributed by atoms with Crippen LogP contribution in [-0.2, 0) is 7.05 Å². The van der Waals surface area contributed by atoms with E-state index < -0.39 is 21.2 Å². The van der Waals surface area contributed by atoms with Crippen molar-refractivity contribution in [1.29, 1.82) is 0 Å². The molecule has 110 valence electrons. The van der Waals surface area contributed by atoms with Gasteiger partial charge in [-0.1, -0.05) is 46.9 Å². The minimum absolute atomic E-state index is 0.0506. The van der Waals surface area contributed by atoms with Crippen LogP contribution in [-0.4, -0.2) is 19.9 Å². The molecule has 0 saturated heterocycles. The lowest BCUT2D eigenvalue weighted by atomic mass is 10.1. The Hall–Kier alpha value is -1.36. The molecular formula is C14H9Cl3FNO2. The standard InChI is InChI=1S/C14H9Cl3FNO2/c1-19-7-8(6-11(19)13(21)14(15,16)17)12(20)9-4-2-3-5-10(9)18/h2-7H,1H3. The molecule has 0 saturated carbocycles. The summed E-state index contributed by atoms with van der Waals surface area (Å²) in [4.78, 5) is 24.2.